The van der Waals surface area contributed by atoms with E-state index in [4.69, 9.17) is 0 Å². The van der Waals surface area contributed by atoms with Gasteiger partial charge < -0.3 is 10.2 Å². The maximum atomic E-state index is 11.9. The van der Waals surface area contributed by atoms with Gasteiger partial charge in [-0.05, 0) is 25.8 Å². The van der Waals surface area contributed by atoms with E-state index in [0.717, 1.165) is 32.5 Å². The Morgan fingerprint density at radius 1 is 1.60 bits per heavy atom. The van der Waals surface area contributed by atoms with Crippen molar-refractivity contribution in [3.8, 4) is 0 Å². The zero-order valence-corrected chi connectivity index (χ0v) is 9.83. The van der Waals surface area contributed by atoms with Gasteiger partial charge in [-0.2, -0.15) is 0 Å². The van der Waals surface area contributed by atoms with E-state index in [1.807, 2.05) is 24.9 Å². The third-order valence-electron chi connectivity index (χ3n) is 3.12. The first-order valence-corrected chi connectivity index (χ1v) is 5.75. The predicted octanol–water partition coefficient (Wildman–Crippen LogP) is 1.27. The van der Waals surface area contributed by atoms with Gasteiger partial charge in [-0.3, -0.25) is 4.79 Å². The lowest BCUT2D eigenvalue weighted by Crippen LogP contribution is -2.42. The van der Waals surface area contributed by atoms with Crippen molar-refractivity contribution in [2.24, 2.45) is 11.8 Å². The molecule has 1 amide bonds. The Labute approximate surface area is 92.5 Å². The molecule has 86 valence electrons. The van der Waals surface area contributed by atoms with Crippen LogP contribution in [-0.4, -0.2) is 37.5 Å². The first-order chi connectivity index (χ1) is 7.19. The number of hydrogen-bond donors (Lipinski definition) is 1. The molecular weight excluding hydrogens is 188 g/mol. The van der Waals surface area contributed by atoms with Gasteiger partial charge in [0.05, 0.1) is 0 Å². The van der Waals surface area contributed by atoms with E-state index in [-0.39, 0.29) is 11.8 Å². The minimum absolute atomic E-state index is 0.0929. The van der Waals surface area contributed by atoms with Crippen LogP contribution in [-0.2, 0) is 4.79 Å². The van der Waals surface area contributed by atoms with Crippen molar-refractivity contribution < 1.29 is 4.79 Å². The van der Waals surface area contributed by atoms with Crippen LogP contribution < -0.4 is 5.32 Å². The molecule has 0 spiro atoms. The molecule has 1 N–H and O–H groups in total. The van der Waals surface area contributed by atoms with Gasteiger partial charge in [-0.1, -0.05) is 13.0 Å². The molecule has 0 aromatic rings. The molecule has 15 heavy (non-hydrogen) atoms. The molecular formula is C12H22N2O. The van der Waals surface area contributed by atoms with Crippen LogP contribution >= 0.6 is 0 Å². The summed E-state index contributed by atoms with van der Waals surface area (Å²) in [5, 5.41) is 3.04. The zero-order chi connectivity index (χ0) is 11.3. The predicted molar refractivity (Wildman–Crippen MR) is 62.6 cm³/mol. The van der Waals surface area contributed by atoms with Gasteiger partial charge in [0.15, 0.2) is 0 Å². The molecule has 1 heterocycles. The summed E-state index contributed by atoms with van der Waals surface area (Å²) in [6, 6.07) is 0. The topological polar surface area (TPSA) is 32.3 Å². The first kappa shape index (κ1) is 12.2. The second-order valence-corrected chi connectivity index (χ2v) is 4.36. The molecule has 0 aromatic heterocycles. The van der Waals surface area contributed by atoms with Gasteiger partial charge in [0.1, 0.15) is 0 Å². The maximum Gasteiger partial charge on any atom is 0.226 e. The van der Waals surface area contributed by atoms with Gasteiger partial charge >= 0.3 is 0 Å². The van der Waals surface area contributed by atoms with E-state index in [1.165, 1.54) is 0 Å². The summed E-state index contributed by atoms with van der Waals surface area (Å²) in [4.78, 5) is 13.9. The third-order valence-corrected chi connectivity index (χ3v) is 3.12. The highest BCUT2D eigenvalue weighted by Gasteiger charge is 2.24. The molecule has 1 aliphatic heterocycles. The fraction of sp³-hybridized carbons (Fsp3) is 0.750. The zero-order valence-electron chi connectivity index (χ0n) is 9.83. The van der Waals surface area contributed by atoms with Crippen LogP contribution in [0.4, 0.5) is 0 Å². The molecule has 1 saturated heterocycles. The molecule has 1 atom stereocenters. The molecule has 0 saturated carbocycles. The summed E-state index contributed by atoms with van der Waals surface area (Å²) in [6.45, 7) is 8.34. The van der Waals surface area contributed by atoms with Crippen molar-refractivity contribution >= 4 is 5.91 Å². The second kappa shape index (κ2) is 5.91. The molecule has 0 aliphatic carbocycles. The molecule has 0 aromatic carbocycles. The fourth-order valence-corrected chi connectivity index (χ4v) is 2.06. The fourth-order valence-electron chi connectivity index (χ4n) is 2.06. The number of amides is 1. The Bertz CT molecular complexity index is 220. The summed E-state index contributed by atoms with van der Waals surface area (Å²) < 4.78 is 0. The number of nitrogens with one attached hydrogen (secondary N) is 1. The first-order valence-electron chi connectivity index (χ1n) is 5.75. The van der Waals surface area contributed by atoms with E-state index < -0.39 is 0 Å². The lowest BCUT2D eigenvalue weighted by atomic mass is 9.96. The number of rotatable bonds is 4. The van der Waals surface area contributed by atoms with E-state index in [9.17, 15) is 4.79 Å². The average Bonchev–Trinajstić information content (AvgIpc) is 2.28. The molecule has 0 radical (unpaired) electrons. The molecule has 1 fully saturated rings. The minimum Gasteiger partial charge on any atom is -0.342 e. The largest absolute Gasteiger partial charge is 0.342 e. The van der Waals surface area contributed by atoms with Crippen LogP contribution in [0.1, 0.15) is 19.8 Å². The lowest BCUT2D eigenvalue weighted by molar-refractivity contribution is -0.136. The highest BCUT2D eigenvalue weighted by molar-refractivity contribution is 5.78. The van der Waals surface area contributed by atoms with Crippen LogP contribution in [0.5, 0.6) is 0 Å². The van der Waals surface area contributed by atoms with Crippen LogP contribution in [0.3, 0.4) is 0 Å². The van der Waals surface area contributed by atoms with Gasteiger partial charge in [0.2, 0.25) is 5.91 Å². The maximum absolute atomic E-state index is 11.9. The average molecular weight is 210 g/mol. The molecule has 3 nitrogen and oxygen atoms in total. The smallest absolute Gasteiger partial charge is 0.226 e. The molecule has 1 aliphatic rings. The van der Waals surface area contributed by atoms with Gasteiger partial charge in [0, 0.05) is 25.6 Å². The normalized spacial score (nSPS) is 20.0. The minimum atomic E-state index is 0.0929. The summed E-state index contributed by atoms with van der Waals surface area (Å²) in [5.74, 6) is 0.982. The van der Waals surface area contributed by atoms with E-state index >= 15 is 0 Å². The molecule has 1 rings (SSSR count). The second-order valence-electron chi connectivity index (χ2n) is 4.36. The van der Waals surface area contributed by atoms with Crippen molar-refractivity contribution in [2.45, 2.75) is 19.8 Å². The summed E-state index contributed by atoms with van der Waals surface area (Å²) >= 11 is 0. The van der Waals surface area contributed by atoms with Crippen molar-refractivity contribution in [3.63, 3.8) is 0 Å². The summed E-state index contributed by atoms with van der Waals surface area (Å²) in [6.07, 6.45) is 4.15. The monoisotopic (exact) mass is 210 g/mol. The van der Waals surface area contributed by atoms with E-state index in [0.29, 0.717) is 5.92 Å². The number of hydrogen-bond acceptors (Lipinski definition) is 2. The van der Waals surface area contributed by atoms with Gasteiger partial charge in [-0.15, -0.1) is 6.58 Å². The summed E-state index contributed by atoms with van der Waals surface area (Å²) in [5.41, 5.74) is 0. The summed E-state index contributed by atoms with van der Waals surface area (Å²) in [7, 11) is 1.88. The Hall–Kier alpha value is -0.830. The molecule has 0 bridgehead atoms. The number of allylic oxidation sites excluding steroid dienone is 1. The Kier molecular flexibility index (Phi) is 4.82. The number of likely N-dealkylation sites (tertiary alicyclic amines) is 1. The van der Waals surface area contributed by atoms with Gasteiger partial charge in [-0.25, -0.2) is 0 Å². The van der Waals surface area contributed by atoms with Crippen molar-refractivity contribution in [1.29, 1.82) is 0 Å². The molecule has 3 heteroatoms. The van der Waals surface area contributed by atoms with Crippen LogP contribution in [0.2, 0.25) is 0 Å². The number of piperidine rings is 1. The van der Waals surface area contributed by atoms with E-state index in [2.05, 4.69) is 11.9 Å². The lowest BCUT2D eigenvalue weighted by Gasteiger charge is -2.32. The van der Waals surface area contributed by atoms with Crippen molar-refractivity contribution in [3.05, 3.63) is 12.7 Å². The highest BCUT2D eigenvalue weighted by atomic mass is 16.2. The Balaban J connectivity index is 2.38. The number of nitrogens with zero attached hydrogens (tertiary/aromatic N) is 1. The van der Waals surface area contributed by atoms with Crippen LogP contribution in [0, 0.1) is 11.8 Å². The Morgan fingerprint density at radius 3 is 2.67 bits per heavy atom. The standard InChI is InChI=1S/C12H22N2O/c1-4-11-5-7-14(8-6-11)12(15)10(2)9-13-3/h4,10-11,13H,1,5-9H2,2-3H3. The van der Waals surface area contributed by atoms with Crippen molar-refractivity contribution in [2.75, 3.05) is 26.7 Å². The number of carbonyl (C=O) groups is 1. The van der Waals surface area contributed by atoms with E-state index in [1.54, 1.807) is 0 Å². The number of carbonyl (C=O) groups excluding carboxylic acids is 1. The SMILES string of the molecule is C=CC1CCN(C(=O)C(C)CNC)CC1. The Morgan fingerprint density at radius 2 is 2.20 bits per heavy atom. The molecule has 1 unspecified atom stereocenters. The quantitative estimate of drug-likeness (QED) is 0.709. The van der Waals surface area contributed by atoms with Crippen molar-refractivity contribution in [1.82, 2.24) is 10.2 Å². The van der Waals surface area contributed by atoms with Gasteiger partial charge in [0.25, 0.3) is 0 Å². The third kappa shape index (κ3) is 3.34. The van der Waals surface area contributed by atoms with Crippen LogP contribution in [0.15, 0.2) is 12.7 Å². The van der Waals surface area contributed by atoms with Crippen LogP contribution in [0.25, 0.3) is 0 Å². The highest BCUT2D eigenvalue weighted by Crippen LogP contribution is 2.19.